The van der Waals surface area contributed by atoms with Crippen molar-refractivity contribution >= 4 is 29.4 Å². The highest BCUT2D eigenvalue weighted by atomic mass is 32.2. The predicted molar refractivity (Wildman–Crippen MR) is 68.8 cm³/mol. The van der Waals surface area contributed by atoms with Crippen LogP contribution >= 0.6 is 11.8 Å². The largest absolute Gasteiger partial charge is 0.478 e. The Bertz CT molecular complexity index is 454. The Hall–Kier alpha value is -1.76. The number of rotatable bonds is 5. The fraction of sp³-hybridized carbons (Fsp3) is 0.273. The molecule has 2 amide bonds. The van der Waals surface area contributed by atoms with Crippen molar-refractivity contribution in [1.82, 2.24) is 5.32 Å². The molecule has 0 fully saturated rings. The Balaban J connectivity index is 2.68. The Morgan fingerprint density at radius 1 is 1.44 bits per heavy atom. The van der Waals surface area contributed by atoms with E-state index in [0.29, 0.717) is 6.54 Å². The van der Waals surface area contributed by atoms with Gasteiger partial charge < -0.3 is 15.7 Å². The Morgan fingerprint density at radius 3 is 2.78 bits per heavy atom. The van der Waals surface area contributed by atoms with Crippen LogP contribution in [0.1, 0.15) is 10.4 Å². The molecule has 0 aliphatic heterocycles. The third-order valence-electron chi connectivity index (χ3n) is 2.05. The second kappa shape index (κ2) is 6.85. The van der Waals surface area contributed by atoms with Gasteiger partial charge in [0, 0.05) is 12.3 Å². The average molecular weight is 272 g/mol. The van der Waals surface area contributed by atoms with Crippen molar-refractivity contribution in [3.8, 4) is 0 Å². The van der Waals surface area contributed by atoms with E-state index in [2.05, 4.69) is 10.6 Å². The normalized spacial score (nSPS) is 9.89. The summed E-state index contributed by atoms with van der Waals surface area (Å²) in [6.45, 7) is 0.452. The van der Waals surface area contributed by atoms with Crippen LogP contribution < -0.4 is 10.6 Å². The zero-order chi connectivity index (χ0) is 13.5. The topological polar surface area (TPSA) is 78.4 Å². The number of benzene rings is 1. The summed E-state index contributed by atoms with van der Waals surface area (Å²) in [6.07, 6.45) is 1.90. The van der Waals surface area contributed by atoms with E-state index in [1.54, 1.807) is 11.8 Å². The molecule has 0 bridgehead atoms. The van der Waals surface area contributed by atoms with E-state index >= 15 is 0 Å². The van der Waals surface area contributed by atoms with Crippen molar-refractivity contribution in [2.24, 2.45) is 0 Å². The lowest BCUT2D eigenvalue weighted by Gasteiger charge is -2.08. The Labute approximate surface area is 108 Å². The van der Waals surface area contributed by atoms with Crippen LogP contribution in [0.4, 0.5) is 14.9 Å². The first-order valence-electron chi connectivity index (χ1n) is 5.11. The lowest BCUT2D eigenvalue weighted by atomic mass is 10.2. The number of urea groups is 1. The van der Waals surface area contributed by atoms with Gasteiger partial charge in [-0.25, -0.2) is 14.0 Å². The second-order valence-electron chi connectivity index (χ2n) is 3.37. The van der Waals surface area contributed by atoms with Crippen LogP contribution in [0.3, 0.4) is 0 Å². The van der Waals surface area contributed by atoms with E-state index in [9.17, 15) is 14.0 Å². The van der Waals surface area contributed by atoms with Crippen LogP contribution in [0.15, 0.2) is 18.2 Å². The molecule has 5 nitrogen and oxygen atoms in total. The van der Waals surface area contributed by atoms with E-state index < -0.39 is 17.8 Å². The monoisotopic (exact) mass is 272 g/mol. The zero-order valence-corrected chi connectivity index (χ0v) is 10.5. The molecule has 0 aliphatic carbocycles. The van der Waals surface area contributed by atoms with E-state index in [1.807, 2.05) is 6.26 Å². The number of thioether (sulfide) groups is 1. The highest BCUT2D eigenvalue weighted by Gasteiger charge is 2.10. The molecule has 0 heterocycles. The number of hydrogen-bond donors (Lipinski definition) is 3. The summed E-state index contributed by atoms with van der Waals surface area (Å²) in [5.41, 5.74) is -0.243. The summed E-state index contributed by atoms with van der Waals surface area (Å²) >= 11 is 1.57. The van der Waals surface area contributed by atoms with Crippen molar-refractivity contribution in [2.75, 3.05) is 23.9 Å². The number of nitrogens with one attached hydrogen (secondary N) is 2. The summed E-state index contributed by atoms with van der Waals surface area (Å²) in [6, 6.07) is 2.65. The van der Waals surface area contributed by atoms with Gasteiger partial charge >= 0.3 is 12.0 Å². The maximum atomic E-state index is 13.3. The number of carboxylic acid groups (broad SMARTS) is 1. The standard InChI is InChI=1S/C11H13FN2O3S/c1-18-5-4-13-11(17)14-9-6-7(10(15)16)2-3-8(9)12/h2-3,6H,4-5H2,1H3,(H,15,16)(H2,13,14,17). The molecule has 0 saturated carbocycles. The van der Waals surface area contributed by atoms with Crippen LogP contribution in [0, 0.1) is 5.82 Å². The number of carbonyl (C=O) groups excluding carboxylic acids is 1. The number of halogens is 1. The minimum absolute atomic E-state index is 0.0872. The van der Waals surface area contributed by atoms with Crippen molar-refractivity contribution in [3.63, 3.8) is 0 Å². The van der Waals surface area contributed by atoms with Gasteiger partial charge in [0.05, 0.1) is 11.3 Å². The highest BCUT2D eigenvalue weighted by molar-refractivity contribution is 7.98. The molecule has 18 heavy (non-hydrogen) atoms. The molecule has 1 aromatic rings. The van der Waals surface area contributed by atoms with Crippen LogP contribution in [-0.4, -0.2) is 35.7 Å². The van der Waals surface area contributed by atoms with Gasteiger partial charge in [0.25, 0.3) is 0 Å². The fourth-order valence-corrected chi connectivity index (χ4v) is 1.49. The van der Waals surface area contributed by atoms with Gasteiger partial charge in [-0.05, 0) is 24.5 Å². The molecule has 7 heteroatoms. The molecule has 0 atom stereocenters. The van der Waals surface area contributed by atoms with Gasteiger partial charge in [-0.1, -0.05) is 0 Å². The van der Waals surface area contributed by atoms with Gasteiger partial charge in [-0.3, -0.25) is 0 Å². The summed E-state index contributed by atoms with van der Waals surface area (Å²) < 4.78 is 13.3. The Morgan fingerprint density at radius 2 is 2.17 bits per heavy atom. The van der Waals surface area contributed by atoms with Crippen LogP contribution in [-0.2, 0) is 0 Å². The SMILES string of the molecule is CSCCNC(=O)Nc1cc(C(=O)O)ccc1F. The molecule has 0 unspecified atom stereocenters. The predicted octanol–water partition coefficient (Wildman–Crippen LogP) is 2.01. The van der Waals surface area contributed by atoms with Crippen molar-refractivity contribution in [3.05, 3.63) is 29.6 Å². The first kappa shape index (κ1) is 14.3. The minimum atomic E-state index is -1.18. The van der Waals surface area contributed by atoms with Gasteiger partial charge in [0.15, 0.2) is 0 Å². The van der Waals surface area contributed by atoms with E-state index in [-0.39, 0.29) is 11.3 Å². The summed E-state index contributed by atoms with van der Waals surface area (Å²) in [7, 11) is 0. The quantitative estimate of drug-likeness (QED) is 0.716. The first-order chi connectivity index (χ1) is 8.54. The lowest BCUT2D eigenvalue weighted by molar-refractivity contribution is 0.0697. The molecular formula is C11H13FN2O3S. The molecule has 0 radical (unpaired) electrons. The first-order valence-corrected chi connectivity index (χ1v) is 6.50. The molecular weight excluding hydrogens is 259 g/mol. The van der Waals surface area contributed by atoms with Gasteiger partial charge in [-0.2, -0.15) is 11.8 Å². The number of aromatic carboxylic acids is 1. The average Bonchev–Trinajstić information content (AvgIpc) is 2.32. The zero-order valence-electron chi connectivity index (χ0n) is 9.70. The third kappa shape index (κ3) is 4.25. The molecule has 0 spiro atoms. The van der Waals surface area contributed by atoms with Crippen molar-refractivity contribution < 1.29 is 19.1 Å². The summed E-state index contributed by atoms with van der Waals surface area (Å²) in [5, 5.41) is 13.5. The van der Waals surface area contributed by atoms with E-state index in [0.717, 1.165) is 24.0 Å². The van der Waals surface area contributed by atoms with Crippen molar-refractivity contribution in [1.29, 1.82) is 0 Å². The number of carboxylic acids is 1. The minimum Gasteiger partial charge on any atom is -0.478 e. The molecule has 1 aromatic carbocycles. The van der Waals surface area contributed by atoms with Gasteiger partial charge in [0.2, 0.25) is 0 Å². The van der Waals surface area contributed by atoms with Gasteiger partial charge in [-0.15, -0.1) is 0 Å². The number of anilines is 1. The lowest BCUT2D eigenvalue weighted by Crippen LogP contribution is -2.30. The maximum Gasteiger partial charge on any atom is 0.335 e. The molecule has 98 valence electrons. The number of hydrogen-bond acceptors (Lipinski definition) is 3. The molecule has 1 rings (SSSR count). The molecule has 0 aliphatic rings. The fourth-order valence-electron chi connectivity index (χ4n) is 1.19. The third-order valence-corrected chi connectivity index (χ3v) is 2.67. The van der Waals surface area contributed by atoms with Crippen LogP contribution in [0.25, 0.3) is 0 Å². The van der Waals surface area contributed by atoms with Crippen molar-refractivity contribution in [2.45, 2.75) is 0 Å². The van der Waals surface area contributed by atoms with Gasteiger partial charge in [0.1, 0.15) is 5.82 Å². The second-order valence-corrected chi connectivity index (χ2v) is 4.36. The van der Waals surface area contributed by atoms with Crippen LogP contribution in [0.5, 0.6) is 0 Å². The smallest absolute Gasteiger partial charge is 0.335 e. The Kier molecular flexibility index (Phi) is 5.44. The number of amides is 2. The molecule has 0 saturated heterocycles. The molecule has 3 N–H and O–H groups in total. The highest BCUT2D eigenvalue weighted by Crippen LogP contribution is 2.16. The molecule has 0 aromatic heterocycles. The van der Waals surface area contributed by atoms with E-state index in [4.69, 9.17) is 5.11 Å². The van der Waals surface area contributed by atoms with Crippen LogP contribution in [0.2, 0.25) is 0 Å². The summed E-state index contributed by atoms with van der Waals surface area (Å²) in [5.74, 6) is -1.12. The maximum absolute atomic E-state index is 13.3. The number of carbonyl (C=O) groups is 2. The summed E-state index contributed by atoms with van der Waals surface area (Å²) in [4.78, 5) is 22.1. The van der Waals surface area contributed by atoms with E-state index in [1.165, 1.54) is 0 Å².